The summed E-state index contributed by atoms with van der Waals surface area (Å²) in [7, 11) is 1.61. The Labute approximate surface area is 126 Å². The Morgan fingerprint density at radius 2 is 2.00 bits per heavy atom. The molecule has 0 aliphatic heterocycles. The summed E-state index contributed by atoms with van der Waals surface area (Å²) in [4.78, 5) is 12.2. The zero-order valence-electron chi connectivity index (χ0n) is 13.4. The molecule has 0 saturated heterocycles. The lowest BCUT2D eigenvalue weighted by Crippen LogP contribution is -2.24. The van der Waals surface area contributed by atoms with Crippen LogP contribution >= 0.6 is 0 Å². The van der Waals surface area contributed by atoms with Crippen molar-refractivity contribution in [1.29, 1.82) is 0 Å². The van der Waals surface area contributed by atoms with Crippen LogP contribution in [-0.2, 0) is 6.42 Å². The Morgan fingerprint density at radius 3 is 2.62 bits per heavy atom. The Balaban J connectivity index is 2.08. The van der Waals surface area contributed by atoms with Gasteiger partial charge >= 0.3 is 0 Å². The lowest BCUT2D eigenvalue weighted by atomic mass is 9.76. The number of rotatable bonds is 6. The summed E-state index contributed by atoms with van der Waals surface area (Å²) < 4.78 is 5.13. The summed E-state index contributed by atoms with van der Waals surface area (Å²) in [5.41, 5.74) is 7.69. The average Bonchev–Trinajstić information content (AvgIpc) is 2.83. The minimum Gasteiger partial charge on any atom is -0.481 e. The minimum absolute atomic E-state index is 0.271. The first-order valence-electron chi connectivity index (χ1n) is 7.53. The third kappa shape index (κ3) is 3.94. The molecule has 2 aromatic heterocycles. The number of nitrogens with one attached hydrogen (secondary N) is 1. The smallest absolute Gasteiger partial charge is 0.215 e. The van der Waals surface area contributed by atoms with Gasteiger partial charge in [0.05, 0.1) is 12.6 Å². The monoisotopic (exact) mass is 290 g/mol. The van der Waals surface area contributed by atoms with E-state index in [4.69, 9.17) is 10.5 Å². The normalized spacial score (nSPS) is 13.6. The molecule has 0 bridgehead atoms. The molecule has 5 heteroatoms. The largest absolute Gasteiger partial charge is 0.481 e. The first kappa shape index (κ1) is 15.8. The van der Waals surface area contributed by atoms with Crippen LogP contribution in [0.2, 0.25) is 0 Å². The van der Waals surface area contributed by atoms with Crippen molar-refractivity contribution in [2.45, 2.75) is 40.0 Å². The Hall–Kier alpha value is -1.62. The molecule has 5 nitrogen and oxygen atoms in total. The number of nitrogens with zero attached hydrogens (tertiary/aromatic N) is 2. The molecule has 2 heterocycles. The second-order valence-electron chi connectivity index (χ2n) is 6.59. The van der Waals surface area contributed by atoms with E-state index in [9.17, 15) is 0 Å². The highest BCUT2D eigenvalue weighted by Gasteiger charge is 2.23. The van der Waals surface area contributed by atoms with Gasteiger partial charge in [0.2, 0.25) is 5.88 Å². The Bertz CT molecular complexity index is 585. The molecule has 0 radical (unpaired) electrons. The van der Waals surface area contributed by atoms with E-state index in [1.807, 2.05) is 12.1 Å². The van der Waals surface area contributed by atoms with Crippen LogP contribution < -0.4 is 10.5 Å². The van der Waals surface area contributed by atoms with E-state index in [0.29, 0.717) is 11.8 Å². The Morgan fingerprint density at radius 1 is 1.24 bits per heavy atom. The standard InChI is InChI=1S/C16H26N4O/c1-16(2,3)11(9-10-17)5-7-13-18-12-6-8-14(21-4)20-15(12)19-13/h6,8,11H,5,7,9-10,17H2,1-4H3,(H,18,19,20). The number of fused-ring (bicyclic) bond motifs is 1. The molecule has 116 valence electrons. The number of aromatic amines is 1. The number of methoxy groups -OCH3 is 1. The van der Waals surface area contributed by atoms with Crippen LogP contribution in [0.15, 0.2) is 12.1 Å². The van der Waals surface area contributed by atoms with Crippen molar-refractivity contribution in [2.75, 3.05) is 13.7 Å². The predicted octanol–water partition coefficient (Wildman–Crippen LogP) is 2.91. The van der Waals surface area contributed by atoms with E-state index in [1.165, 1.54) is 0 Å². The summed E-state index contributed by atoms with van der Waals surface area (Å²) in [6, 6.07) is 3.80. The molecule has 0 spiro atoms. The van der Waals surface area contributed by atoms with Crippen molar-refractivity contribution in [3.8, 4) is 5.88 Å². The van der Waals surface area contributed by atoms with Crippen LogP contribution in [-0.4, -0.2) is 28.6 Å². The van der Waals surface area contributed by atoms with Gasteiger partial charge in [0.1, 0.15) is 5.82 Å². The zero-order valence-corrected chi connectivity index (χ0v) is 13.4. The van der Waals surface area contributed by atoms with Gasteiger partial charge in [-0.1, -0.05) is 20.8 Å². The van der Waals surface area contributed by atoms with E-state index in [1.54, 1.807) is 7.11 Å². The highest BCUT2D eigenvalue weighted by Crippen LogP contribution is 2.32. The number of aromatic nitrogens is 3. The van der Waals surface area contributed by atoms with Crippen LogP contribution in [0.3, 0.4) is 0 Å². The molecule has 0 fully saturated rings. The molecule has 0 aromatic carbocycles. The maximum absolute atomic E-state index is 5.74. The number of hydrogen-bond donors (Lipinski definition) is 2. The first-order valence-corrected chi connectivity index (χ1v) is 7.53. The van der Waals surface area contributed by atoms with E-state index in [0.717, 1.165) is 42.8 Å². The van der Waals surface area contributed by atoms with E-state index in [2.05, 4.69) is 35.7 Å². The lowest BCUT2D eigenvalue weighted by molar-refractivity contribution is 0.214. The van der Waals surface area contributed by atoms with Gasteiger partial charge in [-0.05, 0) is 36.8 Å². The van der Waals surface area contributed by atoms with Crippen LogP contribution in [0.5, 0.6) is 5.88 Å². The van der Waals surface area contributed by atoms with Crippen molar-refractivity contribution in [2.24, 2.45) is 17.1 Å². The van der Waals surface area contributed by atoms with E-state index >= 15 is 0 Å². The van der Waals surface area contributed by atoms with Crippen molar-refractivity contribution in [1.82, 2.24) is 15.0 Å². The van der Waals surface area contributed by atoms with Gasteiger partial charge < -0.3 is 15.5 Å². The summed E-state index contributed by atoms with van der Waals surface area (Å²) in [5, 5.41) is 0. The van der Waals surface area contributed by atoms with Gasteiger partial charge in [0.25, 0.3) is 0 Å². The third-order valence-electron chi connectivity index (χ3n) is 4.05. The van der Waals surface area contributed by atoms with Gasteiger partial charge in [0.15, 0.2) is 5.65 Å². The molecule has 0 aliphatic rings. The molecule has 0 amide bonds. The highest BCUT2D eigenvalue weighted by atomic mass is 16.5. The SMILES string of the molecule is COc1ccc2[nH]c(CCC(CCN)C(C)(C)C)nc2n1. The second kappa shape index (κ2) is 6.43. The summed E-state index contributed by atoms with van der Waals surface area (Å²) in [6.07, 6.45) is 3.05. The first-order chi connectivity index (χ1) is 9.94. The van der Waals surface area contributed by atoms with Gasteiger partial charge in [0, 0.05) is 12.5 Å². The van der Waals surface area contributed by atoms with Crippen molar-refractivity contribution in [3.63, 3.8) is 0 Å². The van der Waals surface area contributed by atoms with Crippen LogP contribution in [0.4, 0.5) is 0 Å². The maximum Gasteiger partial charge on any atom is 0.215 e. The number of nitrogens with two attached hydrogens (primary N) is 1. The second-order valence-corrected chi connectivity index (χ2v) is 6.59. The number of imidazole rings is 1. The van der Waals surface area contributed by atoms with Gasteiger partial charge in [-0.15, -0.1) is 0 Å². The quantitative estimate of drug-likeness (QED) is 0.857. The third-order valence-corrected chi connectivity index (χ3v) is 4.05. The number of pyridine rings is 1. The fourth-order valence-electron chi connectivity index (χ4n) is 2.68. The van der Waals surface area contributed by atoms with E-state index < -0.39 is 0 Å². The summed E-state index contributed by atoms with van der Waals surface area (Å²) in [6.45, 7) is 7.57. The maximum atomic E-state index is 5.74. The number of hydrogen-bond acceptors (Lipinski definition) is 4. The van der Waals surface area contributed by atoms with Gasteiger partial charge in [-0.2, -0.15) is 4.98 Å². The van der Waals surface area contributed by atoms with Gasteiger partial charge in [-0.3, -0.25) is 0 Å². The number of aryl methyl sites for hydroxylation is 1. The topological polar surface area (TPSA) is 76.8 Å². The summed E-state index contributed by atoms with van der Waals surface area (Å²) >= 11 is 0. The molecular formula is C16H26N4O. The molecule has 2 aromatic rings. The average molecular weight is 290 g/mol. The molecule has 2 rings (SSSR count). The lowest BCUT2D eigenvalue weighted by Gasteiger charge is -2.30. The Kier molecular flexibility index (Phi) is 4.83. The minimum atomic E-state index is 0.271. The van der Waals surface area contributed by atoms with Crippen LogP contribution in [0.1, 0.15) is 39.4 Å². The molecule has 0 aliphatic carbocycles. The molecule has 0 saturated carbocycles. The van der Waals surface area contributed by atoms with Crippen molar-refractivity contribution < 1.29 is 4.74 Å². The number of ether oxygens (including phenoxy) is 1. The fourth-order valence-corrected chi connectivity index (χ4v) is 2.68. The van der Waals surface area contributed by atoms with Crippen molar-refractivity contribution >= 4 is 11.2 Å². The number of H-pyrrole nitrogens is 1. The molecule has 21 heavy (non-hydrogen) atoms. The zero-order chi connectivity index (χ0) is 15.5. The molecule has 1 atom stereocenters. The highest BCUT2D eigenvalue weighted by molar-refractivity contribution is 5.71. The predicted molar refractivity (Wildman–Crippen MR) is 85.4 cm³/mol. The molecular weight excluding hydrogens is 264 g/mol. The van der Waals surface area contributed by atoms with Gasteiger partial charge in [-0.25, -0.2) is 4.98 Å². The molecule has 3 N–H and O–H groups in total. The van der Waals surface area contributed by atoms with Crippen molar-refractivity contribution in [3.05, 3.63) is 18.0 Å². The van der Waals surface area contributed by atoms with E-state index in [-0.39, 0.29) is 5.41 Å². The van der Waals surface area contributed by atoms with Crippen LogP contribution in [0, 0.1) is 11.3 Å². The fraction of sp³-hybridized carbons (Fsp3) is 0.625. The molecule has 1 unspecified atom stereocenters. The van der Waals surface area contributed by atoms with Crippen LogP contribution in [0.25, 0.3) is 11.2 Å². The summed E-state index contributed by atoms with van der Waals surface area (Å²) in [5.74, 6) is 2.17.